The number of piperidine rings is 1. The lowest BCUT2D eigenvalue weighted by Gasteiger charge is -2.44. The van der Waals surface area contributed by atoms with Crippen LogP contribution in [0.5, 0.6) is 0 Å². The number of unbranched alkanes of at least 4 members (excludes halogenated alkanes) is 1. The van der Waals surface area contributed by atoms with Crippen LogP contribution in [0.15, 0.2) is 110 Å². The highest BCUT2D eigenvalue weighted by Crippen LogP contribution is 2.43. The highest BCUT2D eigenvalue weighted by atomic mass is 28.4. The number of hydrogen-bond donors (Lipinski definition) is 1. The van der Waals surface area contributed by atoms with Gasteiger partial charge in [-0.15, -0.1) is 0 Å². The zero-order valence-corrected chi connectivity index (χ0v) is 31.3. The van der Waals surface area contributed by atoms with E-state index in [1.165, 1.54) is 0 Å². The molecule has 1 N–H and O–H groups in total. The summed E-state index contributed by atoms with van der Waals surface area (Å²) in [6, 6.07) is 33.8. The molecule has 0 spiro atoms. The van der Waals surface area contributed by atoms with E-state index in [2.05, 4.69) is 154 Å². The van der Waals surface area contributed by atoms with E-state index in [4.69, 9.17) is 19.1 Å². The number of aromatic nitrogens is 3. The van der Waals surface area contributed by atoms with E-state index in [1.54, 1.807) is 6.33 Å². The average molecular weight is 690 g/mol. The number of nitrogens with one attached hydrogen (secondary N) is 1. The van der Waals surface area contributed by atoms with Gasteiger partial charge in [0.15, 0.2) is 8.32 Å². The summed E-state index contributed by atoms with van der Waals surface area (Å²) in [7, 11) is -2.10. The second kappa shape index (κ2) is 14.8. The van der Waals surface area contributed by atoms with Crippen molar-refractivity contribution in [1.82, 2.24) is 19.4 Å². The fourth-order valence-corrected chi connectivity index (χ4v) is 8.22. The van der Waals surface area contributed by atoms with Crippen LogP contribution in [-0.2, 0) is 14.7 Å². The van der Waals surface area contributed by atoms with Crippen LogP contribution in [0.25, 0.3) is 11.0 Å². The van der Waals surface area contributed by atoms with E-state index in [-0.39, 0.29) is 23.3 Å². The van der Waals surface area contributed by atoms with Gasteiger partial charge in [0, 0.05) is 25.3 Å². The van der Waals surface area contributed by atoms with Crippen molar-refractivity contribution < 1.29 is 14.0 Å². The average Bonchev–Trinajstić information content (AvgIpc) is 3.55. The molecule has 1 aliphatic rings. The standard InChI is InChI=1S/C41H51N5O3Si/c1-7-8-26-48-39(47)45-28-34(27-35(29-45)49-50(5,6)40(2,3)4)44-37-36-24-25-46(38(36)43-30-42-37)41(31-18-12-9-13-19-31,32-20-14-10-15-21-32)33-22-16-11-17-23-33/h9-25,30,34-35H,7-8,26-29H2,1-6H3,(H,42,43,44). The number of nitrogens with zero attached hydrogens (tertiary/aromatic N) is 4. The molecule has 2 aromatic heterocycles. The summed E-state index contributed by atoms with van der Waals surface area (Å²) in [4.78, 5) is 24.8. The van der Waals surface area contributed by atoms with Crippen molar-refractivity contribution in [1.29, 1.82) is 0 Å². The molecule has 0 bridgehead atoms. The lowest BCUT2D eigenvalue weighted by Crippen LogP contribution is -2.55. The Morgan fingerprint density at radius 3 is 1.98 bits per heavy atom. The molecule has 3 aromatic carbocycles. The molecule has 3 heterocycles. The Morgan fingerprint density at radius 2 is 1.44 bits per heavy atom. The van der Waals surface area contributed by atoms with Crippen LogP contribution in [0, 0.1) is 0 Å². The number of likely N-dealkylation sites (tertiary alicyclic amines) is 1. The highest BCUT2D eigenvalue weighted by Gasteiger charge is 2.43. The minimum Gasteiger partial charge on any atom is -0.449 e. The number of benzene rings is 3. The monoisotopic (exact) mass is 689 g/mol. The number of rotatable bonds is 11. The van der Waals surface area contributed by atoms with Gasteiger partial charge in [-0.1, -0.05) is 125 Å². The minimum absolute atomic E-state index is 0.0460. The first kappa shape index (κ1) is 35.4. The van der Waals surface area contributed by atoms with Crippen molar-refractivity contribution in [3.8, 4) is 0 Å². The molecular weight excluding hydrogens is 639 g/mol. The first-order chi connectivity index (χ1) is 24.0. The molecule has 0 saturated carbocycles. The van der Waals surface area contributed by atoms with Gasteiger partial charge in [0.1, 0.15) is 23.3 Å². The van der Waals surface area contributed by atoms with Gasteiger partial charge in [0.05, 0.1) is 18.1 Å². The second-order valence-electron chi connectivity index (χ2n) is 14.9. The van der Waals surface area contributed by atoms with E-state index in [9.17, 15) is 4.79 Å². The Kier molecular flexibility index (Phi) is 10.5. The topological polar surface area (TPSA) is 81.5 Å². The molecular formula is C41H51N5O3Si. The number of fused-ring (bicyclic) bond motifs is 1. The first-order valence-corrected chi connectivity index (χ1v) is 20.8. The van der Waals surface area contributed by atoms with Crippen LogP contribution in [0.1, 0.15) is 63.6 Å². The van der Waals surface area contributed by atoms with Gasteiger partial charge in [-0.05, 0) is 53.7 Å². The Morgan fingerprint density at radius 1 is 0.860 bits per heavy atom. The maximum atomic E-state index is 13.3. The number of ether oxygens (including phenoxy) is 1. The van der Waals surface area contributed by atoms with Crippen molar-refractivity contribution >= 4 is 31.3 Å². The maximum absolute atomic E-state index is 13.3. The van der Waals surface area contributed by atoms with Crippen LogP contribution in [0.3, 0.4) is 0 Å². The lowest BCUT2D eigenvalue weighted by atomic mass is 9.76. The molecule has 1 fully saturated rings. The van der Waals surface area contributed by atoms with Crippen LogP contribution in [0.2, 0.25) is 18.1 Å². The van der Waals surface area contributed by atoms with E-state index < -0.39 is 13.9 Å². The molecule has 2 unspecified atom stereocenters. The number of amides is 1. The van der Waals surface area contributed by atoms with Gasteiger partial charge < -0.3 is 23.9 Å². The normalized spacial score (nSPS) is 17.1. The summed E-state index contributed by atoms with van der Waals surface area (Å²) < 4.78 is 14.9. The van der Waals surface area contributed by atoms with Gasteiger partial charge >= 0.3 is 6.09 Å². The third-order valence-electron chi connectivity index (χ3n) is 10.4. The molecule has 9 heteroatoms. The lowest BCUT2D eigenvalue weighted by molar-refractivity contribution is 0.0489. The van der Waals surface area contributed by atoms with Gasteiger partial charge in [-0.2, -0.15) is 0 Å². The van der Waals surface area contributed by atoms with Crippen molar-refractivity contribution in [2.45, 2.75) is 82.8 Å². The van der Waals surface area contributed by atoms with E-state index >= 15 is 0 Å². The zero-order chi connectivity index (χ0) is 35.4. The summed E-state index contributed by atoms with van der Waals surface area (Å²) in [6.45, 7) is 14.8. The predicted octanol–water partition coefficient (Wildman–Crippen LogP) is 9.08. The third kappa shape index (κ3) is 7.07. The van der Waals surface area contributed by atoms with E-state index in [0.717, 1.165) is 52.8 Å². The van der Waals surface area contributed by atoms with Crippen molar-refractivity contribution in [2.75, 3.05) is 25.0 Å². The summed E-state index contributed by atoms with van der Waals surface area (Å²) in [5.41, 5.74) is 3.47. The smallest absolute Gasteiger partial charge is 0.409 e. The predicted molar refractivity (Wildman–Crippen MR) is 204 cm³/mol. The van der Waals surface area contributed by atoms with Gasteiger partial charge in [-0.3, -0.25) is 0 Å². The van der Waals surface area contributed by atoms with Gasteiger partial charge in [-0.25, -0.2) is 14.8 Å². The molecule has 5 aromatic rings. The molecule has 1 aliphatic heterocycles. The molecule has 8 nitrogen and oxygen atoms in total. The van der Waals surface area contributed by atoms with Crippen molar-refractivity contribution in [2.24, 2.45) is 0 Å². The Labute approximate surface area is 298 Å². The minimum atomic E-state index is -2.10. The molecule has 2 atom stereocenters. The number of carbonyl (C=O) groups is 1. The zero-order valence-electron chi connectivity index (χ0n) is 30.3. The summed E-state index contributed by atoms with van der Waals surface area (Å²) in [6.07, 6.45) is 5.92. The molecule has 1 saturated heterocycles. The largest absolute Gasteiger partial charge is 0.449 e. The molecule has 0 radical (unpaired) electrons. The van der Waals surface area contributed by atoms with E-state index in [1.807, 2.05) is 4.90 Å². The van der Waals surface area contributed by atoms with Crippen molar-refractivity contribution in [3.63, 3.8) is 0 Å². The second-order valence-corrected chi connectivity index (χ2v) is 19.7. The fraction of sp³-hybridized carbons (Fsp3) is 0.390. The Hall–Kier alpha value is -4.47. The van der Waals surface area contributed by atoms with Crippen LogP contribution >= 0.6 is 0 Å². The maximum Gasteiger partial charge on any atom is 0.409 e. The fourth-order valence-electron chi connectivity index (χ4n) is 6.87. The Bertz CT molecular complexity index is 1760. The van der Waals surface area contributed by atoms with E-state index in [0.29, 0.717) is 19.7 Å². The van der Waals surface area contributed by atoms with Gasteiger partial charge in [0.2, 0.25) is 0 Å². The first-order valence-electron chi connectivity index (χ1n) is 17.9. The molecule has 6 rings (SSSR count). The highest BCUT2D eigenvalue weighted by molar-refractivity contribution is 6.74. The Balaban J connectivity index is 1.41. The van der Waals surface area contributed by atoms with Crippen molar-refractivity contribution in [3.05, 3.63) is 126 Å². The summed E-state index contributed by atoms with van der Waals surface area (Å²) >= 11 is 0. The molecule has 1 amide bonds. The molecule has 50 heavy (non-hydrogen) atoms. The van der Waals surface area contributed by atoms with Crippen LogP contribution in [0.4, 0.5) is 10.6 Å². The van der Waals surface area contributed by atoms with Gasteiger partial charge in [0.25, 0.3) is 0 Å². The summed E-state index contributed by atoms with van der Waals surface area (Å²) in [5, 5.41) is 4.69. The third-order valence-corrected chi connectivity index (χ3v) is 15.0. The SMILES string of the molecule is CCCCOC(=O)N1CC(Nc2ncnc3c2ccn3C(c2ccccc2)(c2ccccc2)c2ccccc2)CC(O[Si](C)(C)C(C)(C)C)C1. The molecule has 0 aliphatic carbocycles. The number of anilines is 1. The summed E-state index contributed by atoms with van der Waals surface area (Å²) in [5.74, 6) is 0.731. The number of carbonyl (C=O) groups excluding carboxylic acids is 1. The van der Waals surface area contributed by atoms with Crippen LogP contribution < -0.4 is 5.32 Å². The van der Waals surface area contributed by atoms with Crippen LogP contribution in [-0.4, -0.2) is 65.7 Å². The molecule has 262 valence electrons. The quantitative estimate of drug-likeness (QED) is 0.0847. The number of hydrogen-bond acceptors (Lipinski definition) is 6.